The van der Waals surface area contributed by atoms with Crippen molar-refractivity contribution in [3.05, 3.63) is 58.9 Å². The van der Waals surface area contributed by atoms with Gasteiger partial charge in [0.25, 0.3) is 17.7 Å². The maximum atomic E-state index is 13.6. The van der Waals surface area contributed by atoms with Gasteiger partial charge < -0.3 is 34.5 Å². The monoisotopic (exact) mass is 863 g/mol. The van der Waals surface area contributed by atoms with Gasteiger partial charge in [0.2, 0.25) is 10.0 Å². The molecule has 1 saturated heterocycles. The first-order valence-electron chi connectivity index (χ1n) is 17.1. The number of unbranched alkanes of at least 4 members (excludes halogenated alkanes) is 2. The number of hydroxylamine groups is 2. The molecule has 0 unspecified atom stereocenters. The van der Waals surface area contributed by atoms with Crippen molar-refractivity contribution in [2.75, 3.05) is 24.6 Å². The summed E-state index contributed by atoms with van der Waals surface area (Å²) in [6.45, 7) is -0.498. The number of benzene rings is 3. The van der Waals surface area contributed by atoms with Crippen molar-refractivity contribution in [1.29, 1.82) is 5.41 Å². The van der Waals surface area contributed by atoms with Gasteiger partial charge in [0.15, 0.2) is 11.3 Å². The molecule has 24 heteroatoms. The summed E-state index contributed by atoms with van der Waals surface area (Å²) in [6.07, 6.45) is 0.413. The van der Waals surface area contributed by atoms with E-state index in [1.165, 1.54) is 18.2 Å². The molecule has 310 valence electrons. The van der Waals surface area contributed by atoms with Crippen molar-refractivity contribution in [3.63, 3.8) is 0 Å². The number of nitrogen functional groups attached to an aromatic ring is 1. The molecule has 0 spiro atoms. The van der Waals surface area contributed by atoms with Crippen molar-refractivity contribution in [2.24, 2.45) is 0 Å². The highest BCUT2D eigenvalue weighted by Gasteiger charge is 2.33. The number of sulfonamides is 1. The zero-order chi connectivity index (χ0) is 42.7. The molecule has 0 atom stereocenters. The lowest BCUT2D eigenvalue weighted by Crippen LogP contribution is -2.31. The van der Waals surface area contributed by atoms with Crippen LogP contribution >= 0.6 is 0 Å². The van der Waals surface area contributed by atoms with Crippen LogP contribution in [0, 0.1) is 5.41 Å². The molecule has 58 heavy (non-hydrogen) atoms. The van der Waals surface area contributed by atoms with Gasteiger partial charge >= 0.3 is 11.9 Å². The first-order chi connectivity index (χ1) is 27.1. The maximum Gasteiger partial charge on any atom is 0.336 e. The van der Waals surface area contributed by atoms with Gasteiger partial charge in [0, 0.05) is 60.2 Å². The number of carboxylic acids is 1. The second-order valence-corrected chi connectivity index (χ2v) is 17.3. The topological polar surface area (TPSA) is 354 Å². The summed E-state index contributed by atoms with van der Waals surface area (Å²) in [5.74, 6) is -6.06. The average molecular weight is 864 g/mol. The number of hydrogen-bond donors (Lipinski definition) is 5. The molecule has 0 bridgehead atoms. The van der Waals surface area contributed by atoms with Gasteiger partial charge in [-0.3, -0.25) is 19.8 Å². The lowest BCUT2D eigenvalue weighted by atomic mass is 9.89. The average Bonchev–Trinajstić information content (AvgIpc) is 3.44. The van der Waals surface area contributed by atoms with Gasteiger partial charge in [-0.1, -0.05) is 12.5 Å². The van der Waals surface area contributed by atoms with Crippen molar-refractivity contribution >= 4 is 76.6 Å². The number of aromatic carboxylic acids is 1. The number of nitrogens with two attached hydrogens (primary N) is 1. The standard InChI is InChI=1S/C34H35N5O16S3/c35-23-10-8-20-28(21-9-11-24(36)32(58(51,52)53)30(21)54-29(20)31(23)57(49,50)38-15-4-16-56(46,47)48)19-7-6-18(17-22(19)34(44)45)33(43)37-14-3-1-2-5-27(42)55-39-25(40)12-13-26(39)41/h6-11,17,36,38H,1-5,12-16,35H2,(H,37,43)(H,44,45)(H,46,47,48)(H,51,52,53)/p-2. The summed E-state index contributed by atoms with van der Waals surface area (Å²) in [5, 5.41) is 20.5. The molecule has 1 fully saturated rings. The Bertz CT molecular complexity index is 2720. The minimum Gasteiger partial charge on any atom is -0.748 e. The van der Waals surface area contributed by atoms with E-state index in [0.717, 1.165) is 24.3 Å². The second kappa shape index (κ2) is 17.0. The molecule has 21 nitrogen and oxygen atoms in total. The third kappa shape index (κ3) is 9.66. The van der Waals surface area contributed by atoms with Crippen molar-refractivity contribution in [3.8, 4) is 22.5 Å². The summed E-state index contributed by atoms with van der Waals surface area (Å²) in [6, 6.07) is 7.81. The Morgan fingerprint density at radius 2 is 1.55 bits per heavy atom. The SMILES string of the molecule is N=c1ccc2c(-c3ccc(C(=O)NCCCCCC(=O)ON4C(=O)CCC4=O)cc3C(=O)O)c3ccc(N)c(S(=O)(=O)NCCCS(=O)(=O)[O-])c3oc-2c1S(=O)(=O)[O-]. The molecule has 1 aliphatic carbocycles. The summed E-state index contributed by atoms with van der Waals surface area (Å²) in [7, 11) is -15.0. The minimum absolute atomic E-state index is 0.0468. The van der Waals surface area contributed by atoms with E-state index in [1.54, 1.807) is 0 Å². The van der Waals surface area contributed by atoms with Crippen LogP contribution in [0.3, 0.4) is 0 Å². The lowest BCUT2D eigenvalue weighted by molar-refractivity contribution is -0.197. The van der Waals surface area contributed by atoms with E-state index in [9.17, 15) is 63.4 Å². The summed E-state index contributed by atoms with van der Waals surface area (Å²) < 4.78 is 106. The number of amides is 3. The molecule has 5 rings (SSSR count). The largest absolute Gasteiger partial charge is 0.748 e. The smallest absolute Gasteiger partial charge is 0.336 e. The number of nitrogens with zero attached hydrogens (tertiary/aromatic N) is 1. The van der Waals surface area contributed by atoms with Gasteiger partial charge in [-0.05, 0) is 61.2 Å². The normalized spacial score (nSPS) is 13.7. The molecule has 6 N–H and O–H groups in total. The van der Waals surface area contributed by atoms with E-state index in [4.69, 9.17) is 20.4 Å². The third-order valence-electron chi connectivity index (χ3n) is 8.70. The van der Waals surface area contributed by atoms with Crippen LogP contribution in [0.1, 0.15) is 65.7 Å². The van der Waals surface area contributed by atoms with Crippen LogP contribution < -0.4 is 21.1 Å². The minimum atomic E-state index is -5.52. The summed E-state index contributed by atoms with van der Waals surface area (Å²) >= 11 is 0. The van der Waals surface area contributed by atoms with Crippen LogP contribution in [-0.4, -0.2) is 93.0 Å². The number of carbonyl (C=O) groups is 5. The molecule has 2 aromatic rings. The number of hydrogen-bond acceptors (Lipinski definition) is 17. The molecule has 0 saturated carbocycles. The van der Waals surface area contributed by atoms with E-state index >= 15 is 0 Å². The van der Waals surface area contributed by atoms with Crippen molar-refractivity contribution in [2.45, 2.75) is 54.7 Å². The van der Waals surface area contributed by atoms with Crippen LogP contribution in [0.5, 0.6) is 0 Å². The van der Waals surface area contributed by atoms with Gasteiger partial charge in [-0.15, -0.1) is 5.06 Å². The van der Waals surface area contributed by atoms with E-state index in [0.29, 0.717) is 24.3 Å². The Morgan fingerprint density at radius 1 is 0.879 bits per heavy atom. The second-order valence-electron chi connectivity index (χ2n) is 12.8. The molecule has 0 aromatic heterocycles. The highest BCUT2D eigenvalue weighted by Crippen LogP contribution is 2.45. The molecule has 2 aliphatic heterocycles. The number of rotatable bonds is 17. The Morgan fingerprint density at radius 3 is 2.19 bits per heavy atom. The van der Waals surface area contributed by atoms with Crippen LogP contribution in [0.25, 0.3) is 33.4 Å². The predicted molar refractivity (Wildman–Crippen MR) is 196 cm³/mol. The molecule has 3 amide bonds. The maximum absolute atomic E-state index is 13.6. The highest BCUT2D eigenvalue weighted by atomic mass is 32.2. The summed E-state index contributed by atoms with van der Waals surface area (Å²) in [4.78, 5) is 63.8. The molecular formula is C34H33N5O16S3-2. The fraction of sp³-hybridized carbons (Fsp3) is 0.294. The number of nitrogens with one attached hydrogen (secondary N) is 3. The van der Waals surface area contributed by atoms with Gasteiger partial charge in [-0.25, -0.2) is 39.6 Å². The number of imide groups is 1. The van der Waals surface area contributed by atoms with Crippen molar-refractivity contribution < 1.29 is 72.7 Å². The van der Waals surface area contributed by atoms with Crippen LogP contribution in [0.4, 0.5) is 5.69 Å². The van der Waals surface area contributed by atoms with Gasteiger partial charge in [0.05, 0.1) is 26.7 Å². The van der Waals surface area contributed by atoms with Crippen molar-refractivity contribution in [1.82, 2.24) is 15.1 Å². The Balaban J connectivity index is 1.48. The Kier molecular flexibility index (Phi) is 12.7. The quantitative estimate of drug-likeness (QED) is 0.0325. The fourth-order valence-electron chi connectivity index (χ4n) is 6.09. The molecule has 2 aromatic carbocycles. The van der Waals surface area contributed by atoms with E-state index < -0.39 is 116 Å². The lowest BCUT2D eigenvalue weighted by Gasteiger charge is -2.22. The number of fused-ring (bicyclic) bond motifs is 2. The predicted octanol–water partition coefficient (Wildman–Crippen LogP) is 0.980. The van der Waals surface area contributed by atoms with Crippen LogP contribution in [0.15, 0.2) is 56.7 Å². The fourth-order valence-corrected chi connectivity index (χ4v) is 8.63. The molecule has 0 radical (unpaired) electrons. The van der Waals surface area contributed by atoms with Gasteiger partial charge in [0.1, 0.15) is 19.9 Å². The van der Waals surface area contributed by atoms with Crippen LogP contribution in [-0.2, 0) is 49.5 Å². The zero-order valence-electron chi connectivity index (χ0n) is 29.9. The Hall–Kier alpha value is -5.79. The summed E-state index contributed by atoms with van der Waals surface area (Å²) in [5.41, 5.74) is 3.53. The van der Waals surface area contributed by atoms with E-state index in [2.05, 4.69) is 10.0 Å². The third-order valence-corrected chi connectivity index (χ3v) is 11.9. The number of anilines is 1. The Labute approximate surface area is 329 Å². The molecule has 3 aliphatic rings. The first-order valence-corrected chi connectivity index (χ1v) is 21.6. The van der Waals surface area contributed by atoms with E-state index in [-0.39, 0.29) is 53.4 Å². The highest BCUT2D eigenvalue weighted by molar-refractivity contribution is 7.90. The number of carbonyl (C=O) groups excluding carboxylic acids is 4. The first kappa shape index (κ1) is 43.3. The zero-order valence-corrected chi connectivity index (χ0v) is 32.4. The van der Waals surface area contributed by atoms with E-state index in [1.807, 2.05) is 0 Å². The van der Waals surface area contributed by atoms with Gasteiger partial charge in [-0.2, -0.15) is 0 Å². The molecule has 2 heterocycles. The van der Waals surface area contributed by atoms with Crippen LogP contribution in [0.2, 0.25) is 0 Å². The number of carboxylic acid groups (broad SMARTS) is 1. The molecular weight excluding hydrogens is 831 g/mol.